The molecule has 1 fully saturated rings. The SMILES string of the molecule is NC(=NCc1ccc(F)cn1)NC1CCCCC1. The molecule has 1 aliphatic carbocycles. The third-order valence-electron chi connectivity index (χ3n) is 3.16. The fourth-order valence-corrected chi connectivity index (χ4v) is 2.17. The Morgan fingerprint density at radius 3 is 2.83 bits per heavy atom. The van der Waals surface area contributed by atoms with Gasteiger partial charge in [0.1, 0.15) is 5.82 Å². The summed E-state index contributed by atoms with van der Waals surface area (Å²) >= 11 is 0. The quantitative estimate of drug-likeness (QED) is 0.636. The molecule has 0 saturated heterocycles. The van der Waals surface area contributed by atoms with Crippen molar-refractivity contribution in [2.45, 2.75) is 44.7 Å². The molecule has 0 atom stereocenters. The van der Waals surface area contributed by atoms with Gasteiger partial charge in [-0.15, -0.1) is 0 Å². The first kappa shape index (κ1) is 12.8. The Bertz CT molecular complexity index is 396. The van der Waals surface area contributed by atoms with E-state index in [9.17, 15) is 4.39 Å². The van der Waals surface area contributed by atoms with Gasteiger partial charge in [-0.25, -0.2) is 9.38 Å². The van der Waals surface area contributed by atoms with Crippen LogP contribution in [-0.2, 0) is 6.54 Å². The molecule has 98 valence electrons. The number of rotatable bonds is 3. The number of aromatic nitrogens is 1. The molecule has 18 heavy (non-hydrogen) atoms. The highest BCUT2D eigenvalue weighted by molar-refractivity contribution is 5.78. The number of guanidine groups is 1. The molecule has 5 heteroatoms. The Balaban J connectivity index is 1.82. The lowest BCUT2D eigenvalue weighted by Crippen LogP contribution is -2.41. The Kier molecular flexibility index (Phi) is 4.50. The van der Waals surface area contributed by atoms with Crippen LogP contribution < -0.4 is 11.1 Å². The van der Waals surface area contributed by atoms with E-state index in [0.29, 0.717) is 24.2 Å². The number of nitrogens with one attached hydrogen (secondary N) is 1. The van der Waals surface area contributed by atoms with Gasteiger partial charge in [0.15, 0.2) is 5.96 Å². The van der Waals surface area contributed by atoms with Crippen LogP contribution in [0, 0.1) is 5.82 Å². The van der Waals surface area contributed by atoms with Crippen LogP contribution in [0.4, 0.5) is 4.39 Å². The van der Waals surface area contributed by atoms with E-state index in [1.807, 2.05) is 0 Å². The minimum Gasteiger partial charge on any atom is -0.370 e. The van der Waals surface area contributed by atoms with Crippen molar-refractivity contribution in [1.82, 2.24) is 10.3 Å². The zero-order valence-electron chi connectivity index (χ0n) is 10.4. The lowest BCUT2D eigenvalue weighted by molar-refractivity contribution is 0.412. The lowest BCUT2D eigenvalue weighted by Gasteiger charge is -2.23. The van der Waals surface area contributed by atoms with Gasteiger partial charge in [0.2, 0.25) is 0 Å². The van der Waals surface area contributed by atoms with Crippen molar-refractivity contribution in [3.63, 3.8) is 0 Å². The first-order chi connectivity index (χ1) is 8.74. The number of halogens is 1. The maximum Gasteiger partial charge on any atom is 0.189 e. The zero-order valence-corrected chi connectivity index (χ0v) is 10.4. The monoisotopic (exact) mass is 250 g/mol. The van der Waals surface area contributed by atoms with E-state index in [1.165, 1.54) is 31.5 Å². The molecule has 0 aromatic carbocycles. The molecule has 1 saturated carbocycles. The molecule has 2 rings (SSSR count). The Hall–Kier alpha value is -1.65. The molecule has 0 unspecified atom stereocenters. The van der Waals surface area contributed by atoms with Crippen LogP contribution in [0.1, 0.15) is 37.8 Å². The maximum atomic E-state index is 12.7. The van der Waals surface area contributed by atoms with Crippen LogP contribution in [0.25, 0.3) is 0 Å². The smallest absolute Gasteiger partial charge is 0.189 e. The molecular weight excluding hydrogens is 231 g/mol. The van der Waals surface area contributed by atoms with Crippen LogP contribution in [0.2, 0.25) is 0 Å². The molecule has 3 N–H and O–H groups in total. The van der Waals surface area contributed by atoms with E-state index in [2.05, 4.69) is 15.3 Å². The number of aliphatic imine (C=N–C) groups is 1. The summed E-state index contributed by atoms with van der Waals surface area (Å²) in [7, 11) is 0. The molecule has 4 nitrogen and oxygen atoms in total. The van der Waals surface area contributed by atoms with Crippen molar-refractivity contribution < 1.29 is 4.39 Å². The molecule has 0 amide bonds. The largest absolute Gasteiger partial charge is 0.370 e. The summed E-state index contributed by atoms with van der Waals surface area (Å²) in [6.45, 7) is 0.381. The molecule has 1 aromatic heterocycles. The van der Waals surface area contributed by atoms with Crippen molar-refractivity contribution in [2.75, 3.05) is 0 Å². The normalized spacial score (nSPS) is 17.7. The van der Waals surface area contributed by atoms with Crippen LogP contribution >= 0.6 is 0 Å². The van der Waals surface area contributed by atoms with Crippen LogP contribution in [0.3, 0.4) is 0 Å². The second-order valence-corrected chi connectivity index (χ2v) is 4.65. The van der Waals surface area contributed by atoms with Gasteiger partial charge in [0.05, 0.1) is 18.4 Å². The van der Waals surface area contributed by atoms with Crippen molar-refractivity contribution in [3.05, 3.63) is 29.8 Å². The van der Waals surface area contributed by atoms with Gasteiger partial charge in [0.25, 0.3) is 0 Å². The van der Waals surface area contributed by atoms with E-state index >= 15 is 0 Å². The summed E-state index contributed by atoms with van der Waals surface area (Å²) in [5.74, 6) is 0.115. The summed E-state index contributed by atoms with van der Waals surface area (Å²) in [6, 6.07) is 3.44. The van der Waals surface area contributed by atoms with E-state index in [1.54, 1.807) is 6.07 Å². The third kappa shape index (κ3) is 3.98. The molecule has 1 heterocycles. The predicted octanol–water partition coefficient (Wildman–Crippen LogP) is 1.96. The van der Waals surface area contributed by atoms with E-state index in [4.69, 9.17) is 5.73 Å². The number of hydrogen-bond donors (Lipinski definition) is 2. The average Bonchev–Trinajstić information content (AvgIpc) is 2.39. The highest BCUT2D eigenvalue weighted by Crippen LogP contribution is 2.17. The van der Waals surface area contributed by atoms with Gasteiger partial charge in [-0.05, 0) is 25.0 Å². The van der Waals surface area contributed by atoms with Crippen molar-refractivity contribution in [3.8, 4) is 0 Å². The molecular formula is C13H19FN4. The number of pyridine rings is 1. The van der Waals surface area contributed by atoms with Gasteiger partial charge in [-0.3, -0.25) is 4.98 Å². The van der Waals surface area contributed by atoms with Crippen molar-refractivity contribution >= 4 is 5.96 Å². The Morgan fingerprint density at radius 1 is 1.39 bits per heavy atom. The highest BCUT2D eigenvalue weighted by Gasteiger charge is 2.13. The van der Waals surface area contributed by atoms with Gasteiger partial charge in [0, 0.05) is 6.04 Å². The maximum absolute atomic E-state index is 12.7. The molecule has 1 aliphatic rings. The summed E-state index contributed by atoms with van der Waals surface area (Å²) in [5, 5.41) is 3.23. The number of nitrogens with zero attached hydrogens (tertiary/aromatic N) is 2. The highest BCUT2D eigenvalue weighted by atomic mass is 19.1. The topological polar surface area (TPSA) is 63.3 Å². The van der Waals surface area contributed by atoms with Crippen LogP contribution in [-0.4, -0.2) is 17.0 Å². The second-order valence-electron chi connectivity index (χ2n) is 4.65. The average molecular weight is 250 g/mol. The van der Waals surface area contributed by atoms with Crippen LogP contribution in [0.15, 0.2) is 23.3 Å². The van der Waals surface area contributed by atoms with E-state index < -0.39 is 0 Å². The minimum atomic E-state index is -0.337. The van der Waals surface area contributed by atoms with Crippen LogP contribution in [0.5, 0.6) is 0 Å². The Labute approximate surface area is 107 Å². The molecule has 0 bridgehead atoms. The van der Waals surface area contributed by atoms with Crippen molar-refractivity contribution in [2.24, 2.45) is 10.7 Å². The molecule has 0 aliphatic heterocycles. The predicted molar refractivity (Wildman–Crippen MR) is 69.5 cm³/mol. The molecule has 0 spiro atoms. The number of hydrogen-bond acceptors (Lipinski definition) is 2. The summed E-state index contributed by atoms with van der Waals surface area (Å²) in [6.07, 6.45) is 7.33. The van der Waals surface area contributed by atoms with E-state index in [0.717, 1.165) is 12.8 Å². The zero-order chi connectivity index (χ0) is 12.8. The number of nitrogens with two attached hydrogens (primary N) is 1. The summed E-state index contributed by atoms with van der Waals surface area (Å²) in [5.41, 5.74) is 6.53. The molecule has 1 aromatic rings. The third-order valence-corrected chi connectivity index (χ3v) is 3.16. The van der Waals surface area contributed by atoms with E-state index in [-0.39, 0.29) is 5.82 Å². The summed E-state index contributed by atoms with van der Waals surface area (Å²) < 4.78 is 12.7. The summed E-state index contributed by atoms with van der Waals surface area (Å²) in [4.78, 5) is 8.15. The second kappa shape index (κ2) is 6.33. The molecule has 0 radical (unpaired) electrons. The fourth-order valence-electron chi connectivity index (χ4n) is 2.17. The lowest BCUT2D eigenvalue weighted by atomic mass is 9.96. The minimum absolute atomic E-state index is 0.337. The Morgan fingerprint density at radius 2 is 2.17 bits per heavy atom. The van der Waals surface area contributed by atoms with Crippen molar-refractivity contribution in [1.29, 1.82) is 0 Å². The van der Waals surface area contributed by atoms with Gasteiger partial charge in [-0.1, -0.05) is 19.3 Å². The first-order valence-corrected chi connectivity index (χ1v) is 6.41. The van der Waals surface area contributed by atoms with Gasteiger partial charge < -0.3 is 11.1 Å². The van der Waals surface area contributed by atoms with Gasteiger partial charge in [-0.2, -0.15) is 0 Å². The fraction of sp³-hybridized carbons (Fsp3) is 0.538. The standard InChI is InChI=1S/C13H19FN4/c14-10-6-7-12(16-8-10)9-17-13(15)18-11-4-2-1-3-5-11/h6-8,11H,1-5,9H2,(H3,15,17,18). The van der Waals surface area contributed by atoms with Gasteiger partial charge >= 0.3 is 0 Å². The first-order valence-electron chi connectivity index (χ1n) is 6.41.